The number of alkyl carbamates (subject to hydrolysis) is 1. The number of nitrogens with zero attached hydrogens (tertiary/aromatic N) is 2. The number of likely N-dealkylation sites (tertiary alicyclic amines) is 1. The fourth-order valence-electron chi connectivity index (χ4n) is 2.41. The van der Waals surface area contributed by atoms with Crippen molar-refractivity contribution in [2.45, 2.75) is 52.2 Å². The number of amides is 1. The fourth-order valence-corrected chi connectivity index (χ4v) is 2.41. The van der Waals surface area contributed by atoms with Crippen LogP contribution in [0.1, 0.15) is 40.5 Å². The Morgan fingerprint density at radius 3 is 2.46 bits per heavy atom. The molecule has 1 unspecified atom stereocenters. The largest absolute Gasteiger partial charge is 0.444 e. The Morgan fingerprint density at radius 2 is 1.92 bits per heavy atom. The number of carbonyl (C=O) groups is 1. The first-order chi connectivity index (χ1) is 10.8. The average molecular weight is 455 g/mol. The lowest BCUT2D eigenvalue weighted by atomic mass is 10.2. The molecule has 0 saturated carbocycles. The zero-order valence-electron chi connectivity index (χ0n) is 15.6. The first kappa shape index (κ1) is 23.2. The number of guanidine groups is 1. The van der Waals surface area contributed by atoms with Crippen LogP contribution in [0.5, 0.6) is 0 Å². The van der Waals surface area contributed by atoms with Gasteiger partial charge in [0.05, 0.1) is 6.54 Å². The molecule has 1 amide bonds. The third kappa shape index (κ3) is 10.2. The SMILES string of the molecule is CCNC(=NCC1CCCN1C)NCCNC(=O)OC(C)(C)C.I. The minimum Gasteiger partial charge on any atom is -0.444 e. The number of nitrogens with one attached hydrogen (secondary N) is 3. The zero-order chi connectivity index (χ0) is 17.3. The van der Waals surface area contributed by atoms with Gasteiger partial charge < -0.3 is 25.6 Å². The van der Waals surface area contributed by atoms with E-state index < -0.39 is 11.7 Å². The molecule has 8 heteroatoms. The van der Waals surface area contributed by atoms with E-state index in [1.807, 2.05) is 27.7 Å². The standard InChI is InChI=1S/C16H33N5O2.HI/c1-6-17-14(20-12-13-8-7-11-21(13)5)18-9-10-19-15(22)23-16(2,3)4;/h13H,6-12H2,1-5H3,(H,19,22)(H2,17,18,20);1H. The number of halogens is 1. The molecule has 1 fully saturated rings. The highest BCUT2D eigenvalue weighted by atomic mass is 127. The Bertz CT molecular complexity index is 398. The van der Waals surface area contributed by atoms with Gasteiger partial charge in [0, 0.05) is 25.7 Å². The number of aliphatic imine (C=N–C) groups is 1. The van der Waals surface area contributed by atoms with Crippen molar-refractivity contribution in [1.82, 2.24) is 20.9 Å². The maximum absolute atomic E-state index is 11.6. The van der Waals surface area contributed by atoms with Gasteiger partial charge in [-0.25, -0.2) is 4.79 Å². The zero-order valence-corrected chi connectivity index (χ0v) is 18.0. The lowest BCUT2D eigenvalue weighted by molar-refractivity contribution is 0.0529. The second-order valence-corrected chi connectivity index (χ2v) is 6.85. The molecule has 0 aliphatic carbocycles. The summed E-state index contributed by atoms with van der Waals surface area (Å²) < 4.78 is 5.19. The van der Waals surface area contributed by atoms with Gasteiger partial charge in [0.1, 0.15) is 5.60 Å². The van der Waals surface area contributed by atoms with Gasteiger partial charge in [-0.15, -0.1) is 24.0 Å². The Morgan fingerprint density at radius 1 is 1.25 bits per heavy atom. The highest BCUT2D eigenvalue weighted by Crippen LogP contribution is 2.14. The summed E-state index contributed by atoms with van der Waals surface area (Å²) in [7, 11) is 2.15. The van der Waals surface area contributed by atoms with Crippen LogP contribution < -0.4 is 16.0 Å². The monoisotopic (exact) mass is 455 g/mol. The number of hydrogen-bond donors (Lipinski definition) is 3. The van der Waals surface area contributed by atoms with Crippen molar-refractivity contribution in [1.29, 1.82) is 0 Å². The minimum atomic E-state index is -0.471. The van der Waals surface area contributed by atoms with Crippen molar-refractivity contribution in [2.75, 3.05) is 39.8 Å². The minimum absolute atomic E-state index is 0. The van der Waals surface area contributed by atoms with Gasteiger partial charge in [-0.1, -0.05) is 0 Å². The maximum atomic E-state index is 11.6. The predicted octanol–water partition coefficient (Wildman–Crippen LogP) is 1.78. The van der Waals surface area contributed by atoms with E-state index in [1.54, 1.807) is 0 Å². The molecule has 0 spiro atoms. The van der Waals surface area contributed by atoms with Crippen LogP contribution in [0.25, 0.3) is 0 Å². The Kier molecular flexibility index (Phi) is 11.4. The van der Waals surface area contributed by atoms with E-state index in [9.17, 15) is 4.79 Å². The van der Waals surface area contributed by atoms with Crippen molar-refractivity contribution in [3.63, 3.8) is 0 Å². The third-order valence-electron chi connectivity index (χ3n) is 3.56. The Balaban J connectivity index is 0.00000529. The maximum Gasteiger partial charge on any atom is 0.407 e. The molecule has 142 valence electrons. The van der Waals surface area contributed by atoms with Gasteiger partial charge in [0.15, 0.2) is 5.96 Å². The fraction of sp³-hybridized carbons (Fsp3) is 0.875. The van der Waals surface area contributed by atoms with Gasteiger partial charge in [0.25, 0.3) is 0 Å². The van der Waals surface area contributed by atoms with Crippen LogP contribution in [0.15, 0.2) is 4.99 Å². The highest BCUT2D eigenvalue weighted by Gasteiger charge is 2.20. The van der Waals surface area contributed by atoms with Gasteiger partial charge in [-0.05, 0) is 54.1 Å². The molecule has 24 heavy (non-hydrogen) atoms. The van der Waals surface area contributed by atoms with Crippen LogP contribution in [-0.2, 0) is 4.74 Å². The van der Waals surface area contributed by atoms with Crippen LogP contribution >= 0.6 is 24.0 Å². The molecular formula is C16H34IN5O2. The number of rotatable bonds is 6. The second kappa shape index (κ2) is 11.7. The van der Waals surface area contributed by atoms with Gasteiger partial charge in [-0.2, -0.15) is 0 Å². The van der Waals surface area contributed by atoms with Crippen molar-refractivity contribution in [3.05, 3.63) is 0 Å². The summed E-state index contributed by atoms with van der Waals surface area (Å²) in [5, 5.41) is 9.18. The molecule has 0 aromatic rings. The van der Waals surface area contributed by atoms with E-state index in [-0.39, 0.29) is 24.0 Å². The van der Waals surface area contributed by atoms with Crippen LogP contribution in [0.3, 0.4) is 0 Å². The van der Waals surface area contributed by atoms with Crippen LogP contribution in [0.4, 0.5) is 4.79 Å². The van der Waals surface area contributed by atoms with E-state index >= 15 is 0 Å². The van der Waals surface area contributed by atoms with E-state index in [0.717, 1.165) is 25.6 Å². The topological polar surface area (TPSA) is 78.0 Å². The highest BCUT2D eigenvalue weighted by molar-refractivity contribution is 14.0. The van der Waals surface area contributed by atoms with Gasteiger partial charge in [-0.3, -0.25) is 4.99 Å². The molecule has 1 aliphatic heterocycles. The molecule has 1 aliphatic rings. The molecule has 3 N–H and O–H groups in total. The average Bonchev–Trinajstić information content (AvgIpc) is 2.84. The lowest BCUT2D eigenvalue weighted by Crippen LogP contribution is -2.43. The first-order valence-electron chi connectivity index (χ1n) is 8.51. The summed E-state index contributed by atoms with van der Waals surface area (Å²) in [4.78, 5) is 18.5. The number of hydrogen-bond acceptors (Lipinski definition) is 4. The first-order valence-corrected chi connectivity index (χ1v) is 8.51. The van der Waals surface area contributed by atoms with Crippen molar-refractivity contribution in [3.8, 4) is 0 Å². The van der Waals surface area contributed by atoms with Crippen molar-refractivity contribution >= 4 is 36.0 Å². The molecule has 0 bridgehead atoms. The summed E-state index contributed by atoms with van der Waals surface area (Å²) in [5.74, 6) is 0.791. The Labute approximate surface area is 163 Å². The van der Waals surface area contributed by atoms with Crippen molar-refractivity contribution in [2.24, 2.45) is 4.99 Å². The summed E-state index contributed by atoms with van der Waals surface area (Å²) in [6.45, 7) is 11.4. The van der Waals surface area contributed by atoms with Crippen LogP contribution in [0.2, 0.25) is 0 Å². The summed E-state index contributed by atoms with van der Waals surface area (Å²) >= 11 is 0. The van der Waals surface area contributed by atoms with Crippen LogP contribution in [0, 0.1) is 0 Å². The quantitative estimate of drug-likeness (QED) is 0.246. The molecule has 7 nitrogen and oxygen atoms in total. The van der Waals surface area contributed by atoms with E-state index in [0.29, 0.717) is 19.1 Å². The molecule has 1 atom stereocenters. The predicted molar refractivity (Wildman–Crippen MR) is 109 cm³/mol. The van der Waals surface area contributed by atoms with Gasteiger partial charge >= 0.3 is 6.09 Å². The normalized spacial score (nSPS) is 18.7. The summed E-state index contributed by atoms with van der Waals surface area (Å²) in [6.07, 6.45) is 2.06. The number of carbonyl (C=O) groups excluding carboxylic acids is 1. The third-order valence-corrected chi connectivity index (χ3v) is 3.56. The van der Waals surface area contributed by atoms with Crippen molar-refractivity contribution < 1.29 is 9.53 Å². The summed E-state index contributed by atoms with van der Waals surface area (Å²) in [5.41, 5.74) is -0.471. The molecule has 1 rings (SSSR count). The molecule has 0 aromatic heterocycles. The van der Waals surface area contributed by atoms with Gasteiger partial charge in [0.2, 0.25) is 0 Å². The molecule has 0 aromatic carbocycles. The lowest BCUT2D eigenvalue weighted by Gasteiger charge is -2.20. The Hall–Kier alpha value is -0.770. The molecule has 1 saturated heterocycles. The van der Waals surface area contributed by atoms with Crippen LogP contribution in [-0.4, -0.2) is 68.4 Å². The smallest absolute Gasteiger partial charge is 0.407 e. The second-order valence-electron chi connectivity index (χ2n) is 6.85. The summed E-state index contributed by atoms with van der Waals surface area (Å²) in [6, 6.07) is 0.533. The number of ether oxygens (including phenoxy) is 1. The van der Waals surface area contributed by atoms with E-state index in [1.165, 1.54) is 12.8 Å². The van der Waals surface area contributed by atoms with E-state index in [2.05, 4.69) is 32.9 Å². The molecular weight excluding hydrogens is 421 g/mol. The van der Waals surface area contributed by atoms with E-state index in [4.69, 9.17) is 4.74 Å². The number of likely N-dealkylation sites (N-methyl/N-ethyl adjacent to an activating group) is 1. The molecule has 1 heterocycles. The molecule has 0 radical (unpaired) electrons.